The van der Waals surface area contributed by atoms with Crippen molar-refractivity contribution in [3.05, 3.63) is 24.0 Å². The molecular formula is C11H12F3N3O. The molecule has 0 aliphatic heterocycles. The molecule has 18 heavy (non-hydrogen) atoms. The molecule has 0 aromatic carbocycles. The quantitative estimate of drug-likeness (QED) is 0.866. The first-order chi connectivity index (χ1) is 8.45. The molecule has 0 atom stereocenters. The number of aromatic nitrogens is 1. The van der Waals surface area contributed by atoms with Crippen molar-refractivity contribution in [2.24, 2.45) is 0 Å². The monoisotopic (exact) mass is 259 g/mol. The van der Waals surface area contributed by atoms with Crippen LogP contribution in [0, 0.1) is 0 Å². The molecule has 0 saturated heterocycles. The summed E-state index contributed by atoms with van der Waals surface area (Å²) in [6.45, 7) is 0.158. The van der Waals surface area contributed by atoms with E-state index in [2.05, 4.69) is 15.6 Å². The molecule has 1 amide bonds. The summed E-state index contributed by atoms with van der Waals surface area (Å²) >= 11 is 0. The Kier molecular flexibility index (Phi) is 3.51. The molecule has 7 heteroatoms. The van der Waals surface area contributed by atoms with E-state index in [1.807, 2.05) is 0 Å². The second-order valence-electron chi connectivity index (χ2n) is 4.13. The molecule has 1 aliphatic rings. The second-order valence-corrected chi connectivity index (χ2v) is 4.13. The maximum absolute atomic E-state index is 12.2. The van der Waals surface area contributed by atoms with Gasteiger partial charge in [0.25, 0.3) is 0 Å². The van der Waals surface area contributed by atoms with Crippen LogP contribution in [0.15, 0.2) is 18.3 Å². The van der Waals surface area contributed by atoms with Gasteiger partial charge >= 0.3 is 6.18 Å². The summed E-state index contributed by atoms with van der Waals surface area (Å²) < 4.78 is 36.7. The van der Waals surface area contributed by atoms with Crippen molar-refractivity contribution in [3.63, 3.8) is 0 Å². The molecule has 1 aliphatic carbocycles. The minimum Gasteiger partial charge on any atom is -0.324 e. The number of rotatable bonds is 4. The predicted octanol–water partition coefficient (Wildman–Crippen LogP) is 1.79. The van der Waals surface area contributed by atoms with Crippen LogP contribution in [0.1, 0.15) is 18.5 Å². The molecule has 1 aromatic heterocycles. The van der Waals surface area contributed by atoms with Gasteiger partial charge in [-0.3, -0.25) is 4.79 Å². The fourth-order valence-electron chi connectivity index (χ4n) is 1.37. The summed E-state index contributed by atoms with van der Waals surface area (Å²) in [6.07, 6.45) is -1.34. The Morgan fingerprint density at radius 2 is 2.11 bits per heavy atom. The minimum atomic E-state index is -4.46. The SMILES string of the molecule is O=C(CNC1CC1)Nc1ccc(C(F)(F)F)nc1. The summed E-state index contributed by atoms with van der Waals surface area (Å²) in [5.41, 5.74) is -0.720. The lowest BCUT2D eigenvalue weighted by atomic mass is 10.3. The fraction of sp³-hybridized carbons (Fsp3) is 0.455. The van der Waals surface area contributed by atoms with E-state index in [0.717, 1.165) is 25.1 Å². The molecule has 0 spiro atoms. The highest BCUT2D eigenvalue weighted by atomic mass is 19.4. The molecule has 1 aromatic rings. The second kappa shape index (κ2) is 4.93. The van der Waals surface area contributed by atoms with Gasteiger partial charge in [-0.05, 0) is 25.0 Å². The van der Waals surface area contributed by atoms with E-state index in [0.29, 0.717) is 6.04 Å². The molecule has 2 rings (SSSR count). The van der Waals surface area contributed by atoms with E-state index in [9.17, 15) is 18.0 Å². The predicted molar refractivity (Wildman–Crippen MR) is 58.9 cm³/mol. The Morgan fingerprint density at radius 3 is 2.61 bits per heavy atom. The normalized spacial score (nSPS) is 15.5. The Balaban J connectivity index is 1.87. The topological polar surface area (TPSA) is 54.0 Å². The number of nitrogens with zero attached hydrogens (tertiary/aromatic N) is 1. The van der Waals surface area contributed by atoms with Gasteiger partial charge in [0.2, 0.25) is 5.91 Å². The summed E-state index contributed by atoms with van der Waals surface area (Å²) in [6, 6.07) is 2.43. The number of pyridine rings is 1. The van der Waals surface area contributed by atoms with E-state index >= 15 is 0 Å². The summed E-state index contributed by atoms with van der Waals surface area (Å²) in [5, 5.41) is 5.47. The van der Waals surface area contributed by atoms with Crippen molar-refractivity contribution in [3.8, 4) is 0 Å². The highest BCUT2D eigenvalue weighted by Crippen LogP contribution is 2.27. The van der Waals surface area contributed by atoms with E-state index in [-0.39, 0.29) is 18.1 Å². The van der Waals surface area contributed by atoms with Crippen molar-refractivity contribution in [1.82, 2.24) is 10.3 Å². The lowest BCUT2D eigenvalue weighted by Gasteiger charge is -2.08. The molecule has 1 fully saturated rings. The van der Waals surface area contributed by atoms with Crippen LogP contribution in [-0.2, 0) is 11.0 Å². The molecule has 0 unspecified atom stereocenters. The number of anilines is 1. The van der Waals surface area contributed by atoms with Crippen LogP contribution >= 0.6 is 0 Å². The van der Waals surface area contributed by atoms with Gasteiger partial charge in [0, 0.05) is 6.04 Å². The molecule has 98 valence electrons. The lowest BCUT2D eigenvalue weighted by Crippen LogP contribution is -2.29. The van der Waals surface area contributed by atoms with Crippen LogP contribution in [0.2, 0.25) is 0 Å². The van der Waals surface area contributed by atoms with Gasteiger partial charge in [-0.2, -0.15) is 13.2 Å². The van der Waals surface area contributed by atoms with E-state index in [1.165, 1.54) is 6.07 Å². The fourth-order valence-corrected chi connectivity index (χ4v) is 1.37. The van der Waals surface area contributed by atoms with Crippen molar-refractivity contribution in [2.45, 2.75) is 25.1 Å². The maximum Gasteiger partial charge on any atom is 0.433 e. The van der Waals surface area contributed by atoms with Gasteiger partial charge in [0.15, 0.2) is 0 Å². The molecule has 1 saturated carbocycles. The number of halogens is 3. The minimum absolute atomic E-state index is 0.158. The number of amides is 1. The number of nitrogens with one attached hydrogen (secondary N) is 2. The molecule has 0 bridgehead atoms. The Hall–Kier alpha value is -1.63. The molecule has 0 radical (unpaired) electrons. The number of hydrogen-bond acceptors (Lipinski definition) is 3. The summed E-state index contributed by atoms with van der Waals surface area (Å²) in [7, 11) is 0. The van der Waals surface area contributed by atoms with Crippen LogP contribution < -0.4 is 10.6 Å². The van der Waals surface area contributed by atoms with Crippen LogP contribution in [0.4, 0.5) is 18.9 Å². The third-order valence-electron chi connectivity index (χ3n) is 2.47. The standard InChI is InChI=1S/C11H12F3N3O/c12-11(13,14)9-4-3-8(5-16-9)17-10(18)6-15-7-1-2-7/h3-5,7,15H,1-2,6H2,(H,17,18). The zero-order chi connectivity index (χ0) is 13.2. The Morgan fingerprint density at radius 1 is 1.39 bits per heavy atom. The van der Waals surface area contributed by atoms with E-state index < -0.39 is 11.9 Å². The van der Waals surface area contributed by atoms with Crippen molar-refractivity contribution in [1.29, 1.82) is 0 Å². The average Bonchev–Trinajstić information content (AvgIpc) is 3.09. The summed E-state index contributed by atoms with van der Waals surface area (Å²) in [5.74, 6) is -0.288. The van der Waals surface area contributed by atoms with Gasteiger partial charge in [0.1, 0.15) is 5.69 Å². The van der Waals surface area contributed by atoms with Gasteiger partial charge < -0.3 is 10.6 Å². The van der Waals surface area contributed by atoms with Crippen molar-refractivity contribution >= 4 is 11.6 Å². The van der Waals surface area contributed by atoms with Gasteiger partial charge in [0.05, 0.1) is 18.4 Å². The first kappa shape index (κ1) is 12.8. The third-order valence-corrected chi connectivity index (χ3v) is 2.47. The zero-order valence-electron chi connectivity index (χ0n) is 9.42. The van der Waals surface area contributed by atoms with Gasteiger partial charge in [-0.25, -0.2) is 4.98 Å². The highest BCUT2D eigenvalue weighted by Gasteiger charge is 2.32. The van der Waals surface area contributed by atoms with Crippen LogP contribution in [0.5, 0.6) is 0 Å². The first-order valence-corrected chi connectivity index (χ1v) is 5.51. The molecular weight excluding hydrogens is 247 g/mol. The van der Waals surface area contributed by atoms with Crippen LogP contribution in [0.25, 0.3) is 0 Å². The molecule has 2 N–H and O–H groups in total. The smallest absolute Gasteiger partial charge is 0.324 e. The Bertz CT molecular complexity index is 426. The third kappa shape index (κ3) is 3.69. The maximum atomic E-state index is 12.2. The summed E-state index contributed by atoms with van der Waals surface area (Å²) in [4.78, 5) is 14.7. The average molecular weight is 259 g/mol. The molecule has 4 nitrogen and oxygen atoms in total. The first-order valence-electron chi connectivity index (χ1n) is 5.51. The lowest BCUT2D eigenvalue weighted by molar-refractivity contribution is -0.141. The van der Waals surface area contributed by atoms with Gasteiger partial charge in [-0.1, -0.05) is 0 Å². The largest absolute Gasteiger partial charge is 0.433 e. The van der Waals surface area contributed by atoms with E-state index in [1.54, 1.807) is 0 Å². The number of alkyl halides is 3. The number of carbonyl (C=O) groups is 1. The Labute approximate surface area is 102 Å². The van der Waals surface area contributed by atoms with Crippen molar-refractivity contribution in [2.75, 3.05) is 11.9 Å². The number of hydrogen-bond donors (Lipinski definition) is 2. The van der Waals surface area contributed by atoms with Crippen LogP contribution in [0.3, 0.4) is 0 Å². The zero-order valence-corrected chi connectivity index (χ0v) is 9.42. The van der Waals surface area contributed by atoms with Crippen LogP contribution in [-0.4, -0.2) is 23.5 Å². The van der Waals surface area contributed by atoms with E-state index in [4.69, 9.17) is 0 Å². The number of carbonyl (C=O) groups excluding carboxylic acids is 1. The molecule has 1 heterocycles. The van der Waals surface area contributed by atoms with Gasteiger partial charge in [-0.15, -0.1) is 0 Å². The highest BCUT2D eigenvalue weighted by molar-refractivity contribution is 5.92. The van der Waals surface area contributed by atoms with Crippen molar-refractivity contribution < 1.29 is 18.0 Å².